The molecule has 0 radical (unpaired) electrons. The van der Waals surface area contributed by atoms with E-state index in [4.69, 9.17) is 5.73 Å². The highest BCUT2D eigenvalue weighted by atomic mass is 19.2. The molecule has 0 aliphatic carbocycles. The van der Waals surface area contributed by atoms with Gasteiger partial charge in [0, 0.05) is 13.7 Å². The molecular formula is C10H9F5N2O2. The Labute approximate surface area is 104 Å². The Morgan fingerprint density at radius 2 is 1.53 bits per heavy atom. The van der Waals surface area contributed by atoms with Gasteiger partial charge >= 0.3 is 0 Å². The number of anilines is 1. The summed E-state index contributed by atoms with van der Waals surface area (Å²) in [7, 11) is 1.09. The van der Waals surface area contributed by atoms with Crippen molar-refractivity contribution < 1.29 is 31.5 Å². The molecule has 3 N–H and O–H groups in total. The van der Waals surface area contributed by atoms with Crippen LogP contribution in [-0.4, -0.2) is 25.7 Å². The molecular weight excluding hydrogens is 275 g/mol. The molecule has 0 spiro atoms. The normalized spacial score (nSPS) is 12.4. The van der Waals surface area contributed by atoms with Crippen LogP contribution in [0, 0.1) is 29.1 Å². The molecule has 1 aromatic rings. The lowest BCUT2D eigenvalue weighted by Gasteiger charge is -2.14. The molecule has 19 heavy (non-hydrogen) atoms. The van der Waals surface area contributed by atoms with E-state index in [1.807, 2.05) is 0 Å². The number of halogens is 5. The second-order valence-corrected chi connectivity index (χ2v) is 3.39. The Balaban J connectivity index is 3.19. The fourth-order valence-corrected chi connectivity index (χ4v) is 1.23. The van der Waals surface area contributed by atoms with E-state index in [-0.39, 0.29) is 6.54 Å². The predicted molar refractivity (Wildman–Crippen MR) is 54.7 cm³/mol. The Hall–Kier alpha value is -1.74. The zero-order chi connectivity index (χ0) is 14.7. The maximum atomic E-state index is 13.2. The summed E-state index contributed by atoms with van der Waals surface area (Å²) in [6.07, 6.45) is -1.28. The number of benzene rings is 1. The molecule has 0 saturated carbocycles. The van der Waals surface area contributed by atoms with Crippen LogP contribution >= 0.6 is 0 Å². The summed E-state index contributed by atoms with van der Waals surface area (Å²) < 4.78 is 69.4. The molecule has 0 aliphatic rings. The van der Waals surface area contributed by atoms with Crippen LogP contribution in [0.15, 0.2) is 0 Å². The van der Waals surface area contributed by atoms with E-state index in [2.05, 4.69) is 4.74 Å². The molecule has 9 heteroatoms. The highest BCUT2D eigenvalue weighted by Crippen LogP contribution is 2.27. The minimum Gasteiger partial charge on any atom is -0.370 e. The second kappa shape index (κ2) is 5.93. The summed E-state index contributed by atoms with van der Waals surface area (Å²) in [6, 6.07) is 0. The fraction of sp³-hybridized carbons (Fsp3) is 0.300. The van der Waals surface area contributed by atoms with Crippen LogP contribution in [0.2, 0.25) is 0 Å². The fourth-order valence-electron chi connectivity index (χ4n) is 1.23. The van der Waals surface area contributed by atoms with E-state index in [1.165, 1.54) is 0 Å². The van der Waals surface area contributed by atoms with E-state index in [0.29, 0.717) is 0 Å². The third-order valence-electron chi connectivity index (χ3n) is 2.25. The number of nitrogens with two attached hydrogens (primary N) is 1. The van der Waals surface area contributed by atoms with Gasteiger partial charge in [-0.25, -0.2) is 22.0 Å². The van der Waals surface area contributed by atoms with Crippen molar-refractivity contribution in [2.45, 2.75) is 6.10 Å². The van der Waals surface area contributed by atoms with Gasteiger partial charge in [0.15, 0.2) is 23.3 Å². The summed E-state index contributed by atoms with van der Waals surface area (Å²) in [4.78, 5) is 11.4. The quantitative estimate of drug-likeness (QED) is 0.497. The number of nitrogens with one attached hydrogen (secondary N) is 1. The molecule has 106 valence electrons. The topological polar surface area (TPSA) is 64.3 Å². The van der Waals surface area contributed by atoms with Crippen molar-refractivity contribution in [3.63, 3.8) is 0 Å². The van der Waals surface area contributed by atoms with Crippen molar-refractivity contribution in [1.29, 1.82) is 0 Å². The van der Waals surface area contributed by atoms with Gasteiger partial charge in [-0.05, 0) is 0 Å². The number of rotatable bonds is 4. The molecule has 0 bridgehead atoms. The van der Waals surface area contributed by atoms with Crippen LogP contribution in [0.1, 0.15) is 0 Å². The minimum absolute atomic E-state index is 0.336. The van der Waals surface area contributed by atoms with Crippen molar-refractivity contribution in [3.8, 4) is 0 Å². The van der Waals surface area contributed by atoms with Gasteiger partial charge in [0.1, 0.15) is 11.8 Å². The predicted octanol–water partition coefficient (Wildman–Crippen LogP) is 1.29. The molecule has 1 amide bonds. The zero-order valence-corrected chi connectivity index (χ0v) is 9.57. The first-order valence-electron chi connectivity index (χ1n) is 4.90. The first-order valence-corrected chi connectivity index (χ1v) is 4.90. The van der Waals surface area contributed by atoms with Crippen molar-refractivity contribution in [2.24, 2.45) is 5.73 Å². The largest absolute Gasteiger partial charge is 0.370 e. The van der Waals surface area contributed by atoms with Gasteiger partial charge in [0.2, 0.25) is 5.82 Å². The smallest absolute Gasteiger partial charge is 0.254 e. The third kappa shape index (κ3) is 2.82. The van der Waals surface area contributed by atoms with Crippen molar-refractivity contribution >= 4 is 11.6 Å². The van der Waals surface area contributed by atoms with Gasteiger partial charge < -0.3 is 15.8 Å². The average Bonchev–Trinajstić information content (AvgIpc) is 2.40. The van der Waals surface area contributed by atoms with Gasteiger partial charge in [-0.1, -0.05) is 0 Å². The molecule has 1 rings (SSSR count). The van der Waals surface area contributed by atoms with Crippen LogP contribution in [0.4, 0.5) is 27.6 Å². The lowest BCUT2D eigenvalue weighted by molar-refractivity contribution is -0.125. The van der Waals surface area contributed by atoms with Crippen molar-refractivity contribution in [1.82, 2.24) is 0 Å². The zero-order valence-electron chi connectivity index (χ0n) is 9.57. The molecule has 0 heterocycles. The van der Waals surface area contributed by atoms with Crippen LogP contribution < -0.4 is 11.1 Å². The van der Waals surface area contributed by atoms with Crippen LogP contribution in [0.3, 0.4) is 0 Å². The summed E-state index contributed by atoms with van der Waals surface area (Å²) >= 11 is 0. The number of carbonyl (C=O) groups is 1. The minimum atomic E-state index is -2.31. The van der Waals surface area contributed by atoms with Crippen LogP contribution in [-0.2, 0) is 9.53 Å². The van der Waals surface area contributed by atoms with E-state index < -0.39 is 46.8 Å². The van der Waals surface area contributed by atoms with Gasteiger partial charge in [-0.2, -0.15) is 0 Å². The second-order valence-electron chi connectivity index (χ2n) is 3.39. The van der Waals surface area contributed by atoms with Gasteiger partial charge in [-0.15, -0.1) is 0 Å². The number of hydrogen-bond acceptors (Lipinski definition) is 3. The Kier molecular flexibility index (Phi) is 4.78. The number of ether oxygens (including phenoxy) is 1. The van der Waals surface area contributed by atoms with E-state index in [9.17, 15) is 26.7 Å². The number of hydrogen-bond donors (Lipinski definition) is 2. The molecule has 1 aromatic carbocycles. The number of methoxy groups -OCH3 is 1. The standard InChI is InChI=1S/C10H9F5N2O2/c1-19-3(2-16)10(18)17-9-7(14)5(12)4(11)6(13)8(9)15/h3H,2,16H2,1H3,(H,17,18). The maximum Gasteiger partial charge on any atom is 0.254 e. The molecule has 0 saturated heterocycles. The van der Waals surface area contributed by atoms with Crippen molar-refractivity contribution in [3.05, 3.63) is 29.1 Å². The average molecular weight is 284 g/mol. The molecule has 0 aromatic heterocycles. The third-order valence-corrected chi connectivity index (χ3v) is 2.25. The Morgan fingerprint density at radius 1 is 1.11 bits per heavy atom. The highest BCUT2D eigenvalue weighted by Gasteiger charge is 2.28. The lowest BCUT2D eigenvalue weighted by Crippen LogP contribution is -2.36. The maximum absolute atomic E-state index is 13.2. The van der Waals surface area contributed by atoms with Gasteiger partial charge in [0.25, 0.3) is 5.91 Å². The summed E-state index contributed by atoms with van der Waals surface area (Å²) in [5.74, 6) is -12.0. The van der Waals surface area contributed by atoms with Crippen molar-refractivity contribution in [2.75, 3.05) is 19.0 Å². The molecule has 1 atom stereocenters. The van der Waals surface area contributed by atoms with Gasteiger partial charge in [-0.3, -0.25) is 4.79 Å². The first-order chi connectivity index (χ1) is 8.84. The van der Waals surface area contributed by atoms with Gasteiger partial charge in [0.05, 0.1) is 0 Å². The SMILES string of the molecule is COC(CN)C(=O)Nc1c(F)c(F)c(F)c(F)c1F. The highest BCUT2D eigenvalue weighted by molar-refractivity contribution is 5.94. The van der Waals surface area contributed by atoms with E-state index in [1.54, 1.807) is 5.32 Å². The van der Waals surface area contributed by atoms with E-state index >= 15 is 0 Å². The molecule has 0 fully saturated rings. The summed E-state index contributed by atoms with van der Waals surface area (Å²) in [6.45, 7) is -0.336. The van der Waals surface area contributed by atoms with E-state index in [0.717, 1.165) is 7.11 Å². The monoisotopic (exact) mass is 284 g/mol. The number of amides is 1. The lowest BCUT2D eigenvalue weighted by atomic mass is 10.2. The summed E-state index contributed by atoms with van der Waals surface area (Å²) in [5.41, 5.74) is 3.67. The number of carbonyl (C=O) groups excluding carboxylic acids is 1. The molecule has 0 aliphatic heterocycles. The Morgan fingerprint density at radius 3 is 1.89 bits per heavy atom. The Bertz CT molecular complexity index is 476. The first kappa shape index (κ1) is 15.3. The molecule has 1 unspecified atom stereocenters. The van der Waals surface area contributed by atoms with Crippen LogP contribution in [0.5, 0.6) is 0 Å². The van der Waals surface area contributed by atoms with Crippen LogP contribution in [0.25, 0.3) is 0 Å². The summed E-state index contributed by atoms with van der Waals surface area (Å²) in [5, 5.41) is 1.55. The molecule has 4 nitrogen and oxygen atoms in total.